The maximum absolute atomic E-state index is 6.85. The summed E-state index contributed by atoms with van der Waals surface area (Å²) in [6, 6.07) is 56.5. The lowest BCUT2D eigenvalue weighted by atomic mass is 10.0. The molecule has 0 aliphatic carbocycles. The van der Waals surface area contributed by atoms with Gasteiger partial charge in [0.1, 0.15) is 5.58 Å². The molecule has 0 spiro atoms. The molecule has 7 aromatic carbocycles. The fourth-order valence-corrected chi connectivity index (χ4v) is 8.63. The first kappa shape index (κ1) is 28.0. The van der Waals surface area contributed by atoms with Crippen molar-refractivity contribution in [2.75, 3.05) is 4.90 Å². The van der Waals surface area contributed by atoms with Crippen molar-refractivity contribution < 1.29 is 4.42 Å². The van der Waals surface area contributed by atoms with Gasteiger partial charge in [-0.15, -0.1) is 11.3 Å². The summed E-state index contributed by atoms with van der Waals surface area (Å²) in [4.78, 5) is 2.35. The second-order valence-electron chi connectivity index (χ2n) is 12.6. The third-order valence-corrected chi connectivity index (χ3v) is 11.0. The zero-order chi connectivity index (χ0) is 32.3. The van der Waals surface area contributed by atoms with E-state index in [1.807, 2.05) is 11.3 Å². The van der Waals surface area contributed by atoms with E-state index in [1.54, 1.807) is 0 Å². The molecule has 2 aromatic heterocycles. The van der Waals surface area contributed by atoms with Crippen LogP contribution in [0.4, 0.5) is 11.4 Å². The third-order valence-electron chi connectivity index (χ3n) is 9.77. The highest BCUT2D eigenvalue weighted by Crippen LogP contribution is 2.44. The Morgan fingerprint density at radius 1 is 0.531 bits per heavy atom. The Kier molecular flexibility index (Phi) is 6.42. The molecule has 1 unspecified atom stereocenters. The molecule has 10 rings (SSSR count). The van der Waals surface area contributed by atoms with Crippen LogP contribution in [0.25, 0.3) is 70.2 Å². The second-order valence-corrected chi connectivity index (χ2v) is 13.6. The summed E-state index contributed by atoms with van der Waals surface area (Å²) in [5, 5.41) is 9.72. The number of benzene rings is 7. The van der Waals surface area contributed by atoms with Crippen molar-refractivity contribution in [3.05, 3.63) is 175 Å². The summed E-state index contributed by atoms with van der Waals surface area (Å²) in [7, 11) is 0. The molecule has 3 heterocycles. The van der Waals surface area contributed by atoms with Crippen molar-refractivity contribution in [2.45, 2.75) is 6.17 Å². The topological polar surface area (TPSA) is 28.4 Å². The van der Waals surface area contributed by atoms with E-state index in [0.717, 1.165) is 39.1 Å². The largest absolute Gasteiger partial charge is 0.456 e. The summed E-state index contributed by atoms with van der Waals surface area (Å²) in [5.41, 5.74) is 9.03. The number of hydrogen-bond acceptors (Lipinski definition) is 4. The molecule has 1 aliphatic rings. The molecule has 232 valence electrons. The Bertz CT molecular complexity index is 2690. The number of thiophene rings is 1. The summed E-state index contributed by atoms with van der Waals surface area (Å²) in [6.07, 6.45) is 3.93. The molecule has 3 nitrogen and oxygen atoms in total. The van der Waals surface area contributed by atoms with Crippen molar-refractivity contribution in [2.24, 2.45) is 0 Å². The van der Waals surface area contributed by atoms with Gasteiger partial charge in [-0.3, -0.25) is 0 Å². The molecular weight excluding hydrogens is 617 g/mol. The smallest absolute Gasteiger partial charge is 0.164 e. The minimum absolute atomic E-state index is 0.259. The van der Waals surface area contributed by atoms with Crippen LogP contribution in [0.3, 0.4) is 0 Å². The molecular formula is C45H30N2OS. The van der Waals surface area contributed by atoms with Crippen molar-refractivity contribution >= 4 is 70.7 Å². The summed E-state index contributed by atoms with van der Waals surface area (Å²) < 4.78 is 9.49. The molecule has 49 heavy (non-hydrogen) atoms. The molecule has 4 heteroatoms. The van der Waals surface area contributed by atoms with Crippen LogP contribution in [-0.4, -0.2) is 0 Å². The van der Waals surface area contributed by atoms with Crippen LogP contribution in [-0.2, 0) is 0 Å². The van der Waals surface area contributed by atoms with Gasteiger partial charge in [0.15, 0.2) is 11.9 Å². The molecule has 1 atom stereocenters. The molecule has 0 fully saturated rings. The van der Waals surface area contributed by atoms with Gasteiger partial charge in [-0.25, -0.2) is 0 Å². The van der Waals surface area contributed by atoms with E-state index in [0.29, 0.717) is 0 Å². The zero-order valence-electron chi connectivity index (χ0n) is 26.5. The quantitative estimate of drug-likeness (QED) is 0.202. The van der Waals surface area contributed by atoms with Gasteiger partial charge in [0.2, 0.25) is 0 Å². The average molecular weight is 647 g/mol. The predicted octanol–water partition coefficient (Wildman–Crippen LogP) is 12.7. The molecule has 0 saturated carbocycles. The lowest BCUT2D eigenvalue weighted by Crippen LogP contribution is -2.34. The van der Waals surface area contributed by atoms with Crippen molar-refractivity contribution in [3.63, 3.8) is 0 Å². The molecule has 1 aliphatic heterocycles. The number of hydrogen-bond donors (Lipinski definition) is 1. The first-order valence-electron chi connectivity index (χ1n) is 16.6. The van der Waals surface area contributed by atoms with E-state index in [-0.39, 0.29) is 6.17 Å². The number of rotatable bonds is 5. The van der Waals surface area contributed by atoms with Crippen LogP contribution in [0.2, 0.25) is 0 Å². The molecule has 0 saturated heterocycles. The monoisotopic (exact) mass is 646 g/mol. The number of furan rings is 1. The molecule has 1 N–H and O–H groups in total. The molecule has 0 bridgehead atoms. The van der Waals surface area contributed by atoms with Gasteiger partial charge in [0, 0.05) is 47.9 Å². The lowest BCUT2D eigenvalue weighted by Gasteiger charge is -2.34. The third kappa shape index (κ3) is 4.56. The van der Waals surface area contributed by atoms with Crippen molar-refractivity contribution in [1.82, 2.24) is 5.32 Å². The Hall–Kier alpha value is -6.10. The zero-order valence-corrected chi connectivity index (χ0v) is 27.3. The van der Waals surface area contributed by atoms with Crippen LogP contribution in [0.15, 0.2) is 168 Å². The first-order valence-corrected chi connectivity index (χ1v) is 17.4. The normalized spacial score (nSPS) is 14.0. The van der Waals surface area contributed by atoms with Gasteiger partial charge in [0.25, 0.3) is 0 Å². The SMILES string of the molecule is C1=Cc2c(oc3c2ccc2ccccc23)C(N(c2ccc(-c3ccccc3)cc2)c2ccc(-c3cccc4c3sc3ccccc34)cc2)N1. The van der Waals surface area contributed by atoms with Gasteiger partial charge in [-0.2, -0.15) is 0 Å². The van der Waals surface area contributed by atoms with Gasteiger partial charge in [-0.1, -0.05) is 121 Å². The number of nitrogens with one attached hydrogen (secondary N) is 1. The fraction of sp³-hybridized carbons (Fsp3) is 0.0222. The van der Waals surface area contributed by atoms with Gasteiger partial charge >= 0.3 is 0 Å². The highest BCUT2D eigenvalue weighted by molar-refractivity contribution is 7.26. The maximum atomic E-state index is 6.85. The minimum atomic E-state index is -0.259. The van der Waals surface area contributed by atoms with Gasteiger partial charge < -0.3 is 14.6 Å². The van der Waals surface area contributed by atoms with E-state index in [1.165, 1.54) is 47.8 Å². The Balaban J connectivity index is 1.11. The Morgan fingerprint density at radius 3 is 2.02 bits per heavy atom. The minimum Gasteiger partial charge on any atom is -0.456 e. The van der Waals surface area contributed by atoms with E-state index in [4.69, 9.17) is 4.42 Å². The van der Waals surface area contributed by atoms with E-state index >= 15 is 0 Å². The van der Waals surface area contributed by atoms with Crippen LogP contribution in [0, 0.1) is 0 Å². The maximum Gasteiger partial charge on any atom is 0.164 e. The van der Waals surface area contributed by atoms with Crippen LogP contribution >= 0.6 is 11.3 Å². The lowest BCUT2D eigenvalue weighted by molar-refractivity contribution is 0.463. The number of nitrogens with zero attached hydrogens (tertiary/aromatic N) is 1. The van der Waals surface area contributed by atoms with Crippen LogP contribution in [0.5, 0.6) is 0 Å². The standard InChI is InChI=1S/C45H30N2OS/c1-2-9-29(10-3-1)30-17-22-33(23-18-30)47(45-43-39(27-28-46-45)38-26-21-31-11-4-5-12-35(31)42(38)48-43)34-24-19-32(20-25-34)36-14-8-15-40-37-13-6-7-16-41(37)49-44(36)40/h1-28,45-46H. The number of anilines is 2. The summed E-state index contributed by atoms with van der Waals surface area (Å²) in [5.74, 6) is 0.903. The Labute approximate surface area is 288 Å². The number of fused-ring (bicyclic) bond motifs is 8. The van der Waals surface area contributed by atoms with Gasteiger partial charge in [0.05, 0.1) is 0 Å². The van der Waals surface area contributed by atoms with E-state index in [9.17, 15) is 0 Å². The highest BCUT2D eigenvalue weighted by Gasteiger charge is 2.31. The highest BCUT2D eigenvalue weighted by atomic mass is 32.1. The first-order chi connectivity index (χ1) is 24.3. The van der Waals surface area contributed by atoms with E-state index < -0.39 is 0 Å². The van der Waals surface area contributed by atoms with Crippen molar-refractivity contribution in [1.29, 1.82) is 0 Å². The molecule has 0 amide bonds. The molecule has 9 aromatic rings. The molecule has 0 radical (unpaired) electrons. The predicted molar refractivity (Wildman–Crippen MR) is 207 cm³/mol. The Morgan fingerprint density at radius 2 is 1.20 bits per heavy atom. The fourth-order valence-electron chi connectivity index (χ4n) is 7.40. The van der Waals surface area contributed by atoms with Crippen molar-refractivity contribution in [3.8, 4) is 22.3 Å². The van der Waals surface area contributed by atoms with E-state index in [2.05, 4.69) is 180 Å². The summed E-state index contributed by atoms with van der Waals surface area (Å²) >= 11 is 1.87. The van der Waals surface area contributed by atoms with Gasteiger partial charge in [-0.05, 0) is 76.3 Å². The average Bonchev–Trinajstić information content (AvgIpc) is 3.75. The summed E-state index contributed by atoms with van der Waals surface area (Å²) in [6.45, 7) is 0. The van der Waals surface area contributed by atoms with Crippen LogP contribution < -0.4 is 10.2 Å². The second kappa shape index (κ2) is 11.3. The van der Waals surface area contributed by atoms with Crippen LogP contribution in [0.1, 0.15) is 17.5 Å².